The number of hydrogen-bond donors (Lipinski definition) is 2. The zero-order chi connectivity index (χ0) is 17.6. The molecule has 3 aromatic rings. The van der Waals surface area contributed by atoms with E-state index in [1.165, 1.54) is 6.33 Å². The molecule has 0 spiro atoms. The fourth-order valence-electron chi connectivity index (χ4n) is 2.97. The zero-order valence-corrected chi connectivity index (χ0v) is 13.9. The number of carbonyl (C=O) groups is 1. The summed E-state index contributed by atoms with van der Waals surface area (Å²) in [5.74, 6) is -0.139. The van der Waals surface area contributed by atoms with Crippen molar-refractivity contribution in [2.45, 2.75) is 39.0 Å². The lowest BCUT2D eigenvalue weighted by Crippen LogP contribution is -2.16. The number of H-pyrrole nitrogens is 1. The van der Waals surface area contributed by atoms with Gasteiger partial charge in [0.2, 0.25) is 5.91 Å². The van der Waals surface area contributed by atoms with Gasteiger partial charge in [-0.15, -0.1) is 0 Å². The Morgan fingerprint density at radius 1 is 1.28 bits per heavy atom. The van der Waals surface area contributed by atoms with Crippen LogP contribution in [0.1, 0.15) is 43.9 Å². The predicted molar refractivity (Wildman–Crippen MR) is 90.3 cm³/mol. The first-order valence-corrected chi connectivity index (χ1v) is 8.23. The third-order valence-electron chi connectivity index (χ3n) is 4.36. The van der Waals surface area contributed by atoms with Crippen LogP contribution >= 0.6 is 0 Å². The van der Waals surface area contributed by atoms with Crippen LogP contribution in [0.15, 0.2) is 17.3 Å². The van der Waals surface area contributed by atoms with Crippen molar-refractivity contribution in [3.05, 3.63) is 34.1 Å². The van der Waals surface area contributed by atoms with Crippen molar-refractivity contribution in [2.24, 2.45) is 0 Å². The molecule has 0 aliphatic carbocycles. The van der Waals surface area contributed by atoms with E-state index in [0.717, 1.165) is 25.0 Å². The Hall–Kier alpha value is -3.10. The molecule has 1 aliphatic heterocycles. The monoisotopic (exact) mass is 339 g/mol. The summed E-state index contributed by atoms with van der Waals surface area (Å²) in [6.45, 7) is 3.79. The molecule has 1 aliphatic rings. The van der Waals surface area contributed by atoms with E-state index < -0.39 is 5.92 Å². The summed E-state index contributed by atoms with van der Waals surface area (Å²) < 4.78 is 1.63. The van der Waals surface area contributed by atoms with Crippen LogP contribution in [0.5, 0.6) is 0 Å². The number of nitrogens with zero attached hydrogens (tertiary/aromatic N) is 5. The van der Waals surface area contributed by atoms with E-state index in [9.17, 15) is 9.59 Å². The Morgan fingerprint density at radius 3 is 2.92 bits per heavy atom. The molecule has 0 aromatic carbocycles. The molecule has 0 radical (unpaired) electrons. The van der Waals surface area contributed by atoms with E-state index in [4.69, 9.17) is 0 Å². The van der Waals surface area contributed by atoms with E-state index in [0.29, 0.717) is 28.5 Å². The number of aromatic amines is 1. The van der Waals surface area contributed by atoms with Crippen LogP contribution in [0, 0.1) is 0 Å². The summed E-state index contributed by atoms with van der Waals surface area (Å²) in [4.78, 5) is 40.2. The lowest BCUT2D eigenvalue weighted by Gasteiger charge is -2.07. The minimum atomic E-state index is -0.508. The highest BCUT2D eigenvalue weighted by molar-refractivity contribution is 6.01. The molecular formula is C16H17N7O2. The minimum absolute atomic E-state index is 0.228. The van der Waals surface area contributed by atoms with Gasteiger partial charge in [0.15, 0.2) is 11.5 Å². The molecule has 25 heavy (non-hydrogen) atoms. The van der Waals surface area contributed by atoms with Crippen LogP contribution in [0.4, 0.5) is 5.82 Å². The first-order chi connectivity index (χ1) is 12.1. The number of aromatic nitrogens is 6. The number of hydrogen-bond acceptors (Lipinski definition) is 6. The average Bonchev–Trinajstić information content (AvgIpc) is 3.17. The van der Waals surface area contributed by atoms with Crippen LogP contribution in [0.3, 0.4) is 0 Å². The summed E-state index contributed by atoms with van der Waals surface area (Å²) in [5, 5.41) is 6.82. The third-order valence-corrected chi connectivity index (χ3v) is 4.36. The van der Waals surface area contributed by atoms with E-state index in [1.807, 2.05) is 0 Å². The number of unbranched alkanes of at least 4 members (excludes halogenated alkanes) is 1. The Kier molecular flexibility index (Phi) is 3.56. The largest absolute Gasteiger partial charge is 0.310 e. The third kappa shape index (κ3) is 2.48. The quantitative estimate of drug-likeness (QED) is 0.739. The lowest BCUT2D eigenvalue weighted by molar-refractivity contribution is -0.116. The van der Waals surface area contributed by atoms with Gasteiger partial charge >= 0.3 is 0 Å². The van der Waals surface area contributed by atoms with Crippen molar-refractivity contribution in [3.8, 4) is 11.5 Å². The Bertz CT molecular complexity index is 1040. The van der Waals surface area contributed by atoms with Crippen LogP contribution in [0.2, 0.25) is 0 Å². The normalized spacial score (nSPS) is 16.2. The second-order valence-corrected chi connectivity index (χ2v) is 6.09. The lowest BCUT2D eigenvalue weighted by atomic mass is 10.1. The molecule has 4 rings (SSSR count). The maximum absolute atomic E-state index is 12.4. The van der Waals surface area contributed by atoms with Crippen molar-refractivity contribution >= 4 is 17.4 Å². The molecule has 0 bridgehead atoms. The number of rotatable bonds is 4. The molecule has 4 heterocycles. The summed E-state index contributed by atoms with van der Waals surface area (Å²) >= 11 is 0. The van der Waals surface area contributed by atoms with Gasteiger partial charge in [-0.1, -0.05) is 13.3 Å². The number of nitrogens with one attached hydrogen (secondary N) is 2. The standard InChI is InChI=1S/C16H17N7O2/c1-3-4-5-9-14-17-7-18-23(14)6-10(19-9)12-20-13-11(16(25)21-12)8(2)15(24)22-13/h6-8H,3-5H2,1-2H3,(H2,20,21,22,24,25)/t8-/m1/s1. The SMILES string of the molecule is CCCCc1nc(-c2nc3c(c(=O)[nH]2)[C@@H](C)C(=O)N3)cn2ncnc12. The predicted octanol–water partition coefficient (Wildman–Crippen LogP) is 1.27. The van der Waals surface area contributed by atoms with E-state index in [1.54, 1.807) is 17.6 Å². The maximum Gasteiger partial charge on any atom is 0.257 e. The van der Waals surface area contributed by atoms with Crippen molar-refractivity contribution in [1.82, 2.24) is 29.5 Å². The second kappa shape index (κ2) is 5.76. The van der Waals surface area contributed by atoms with Gasteiger partial charge in [-0.2, -0.15) is 5.10 Å². The highest BCUT2D eigenvalue weighted by Crippen LogP contribution is 2.28. The van der Waals surface area contributed by atoms with Gasteiger partial charge in [0.05, 0.1) is 23.4 Å². The topological polar surface area (TPSA) is 118 Å². The molecule has 0 saturated heterocycles. The molecule has 0 saturated carbocycles. The molecule has 3 aromatic heterocycles. The van der Waals surface area contributed by atoms with Crippen LogP contribution < -0.4 is 10.9 Å². The van der Waals surface area contributed by atoms with Crippen LogP contribution in [-0.2, 0) is 11.2 Å². The fourth-order valence-corrected chi connectivity index (χ4v) is 2.97. The molecule has 0 fully saturated rings. The number of fused-ring (bicyclic) bond motifs is 2. The molecule has 9 nitrogen and oxygen atoms in total. The molecule has 1 amide bonds. The summed E-state index contributed by atoms with van der Waals surface area (Å²) in [6.07, 6.45) is 5.90. The van der Waals surface area contributed by atoms with Crippen molar-refractivity contribution in [1.29, 1.82) is 0 Å². The Labute approximate surface area is 142 Å². The highest BCUT2D eigenvalue weighted by Gasteiger charge is 2.31. The summed E-state index contributed by atoms with van der Waals surface area (Å²) in [6, 6.07) is 0. The van der Waals surface area contributed by atoms with Gasteiger partial charge in [-0.05, 0) is 19.8 Å². The van der Waals surface area contributed by atoms with Gasteiger partial charge < -0.3 is 10.3 Å². The molecular weight excluding hydrogens is 322 g/mol. The van der Waals surface area contributed by atoms with Crippen LogP contribution in [0.25, 0.3) is 17.2 Å². The Balaban J connectivity index is 1.85. The highest BCUT2D eigenvalue weighted by atomic mass is 16.2. The first kappa shape index (κ1) is 15.4. The van der Waals surface area contributed by atoms with E-state index in [-0.39, 0.29) is 11.5 Å². The molecule has 2 N–H and O–H groups in total. The first-order valence-electron chi connectivity index (χ1n) is 8.23. The minimum Gasteiger partial charge on any atom is -0.310 e. The van der Waals surface area contributed by atoms with Crippen molar-refractivity contribution in [2.75, 3.05) is 5.32 Å². The number of aryl methyl sites for hydroxylation is 1. The number of anilines is 1. The second-order valence-electron chi connectivity index (χ2n) is 6.09. The average molecular weight is 339 g/mol. The zero-order valence-electron chi connectivity index (χ0n) is 13.9. The van der Waals surface area contributed by atoms with E-state index in [2.05, 4.69) is 37.3 Å². The van der Waals surface area contributed by atoms with E-state index >= 15 is 0 Å². The van der Waals surface area contributed by atoms with Gasteiger partial charge in [0, 0.05) is 0 Å². The number of amides is 1. The van der Waals surface area contributed by atoms with Crippen molar-refractivity contribution in [3.63, 3.8) is 0 Å². The molecule has 1 atom stereocenters. The summed E-state index contributed by atoms with van der Waals surface area (Å²) in [7, 11) is 0. The van der Waals surface area contributed by atoms with Crippen LogP contribution in [-0.4, -0.2) is 35.5 Å². The van der Waals surface area contributed by atoms with Gasteiger partial charge in [-0.3, -0.25) is 9.59 Å². The van der Waals surface area contributed by atoms with Gasteiger partial charge in [0.1, 0.15) is 17.8 Å². The smallest absolute Gasteiger partial charge is 0.257 e. The van der Waals surface area contributed by atoms with Gasteiger partial charge in [-0.25, -0.2) is 19.5 Å². The fraction of sp³-hybridized carbons (Fsp3) is 0.375. The molecule has 128 valence electrons. The number of carbonyl (C=O) groups excluding carboxylic acids is 1. The molecule has 9 heteroatoms. The Morgan fingerprint density at radius 2 is 2.12 bits per heavy atom. The maximum atomic E-state index is 12.4. The molecule has 0 unspecified atom stereocenters. The van der Waals surface area contributed by atoms with Crippen molar-refractivity contribution < 1.29 is 4.79 Å². The van der Waals surface area contributed by atoms with Gasteiger partial charge in [0.25, 0.3) is 5.56 Å². The summed E-state index contributed by atoms with van der Waals surface area (Å²) in [5.41, 5.74) is 2.01.